The van der Waals surface area contributed by atoms with Crippen LogP contribution in [0.25, 0.3) is 0 Å². The molecule has 0 aromatic heterocycles. The zero-order valence-corrected chi connectivity index (χ0v) is 9.85. The van der Waals surface area contributed by atoms with Gasteiger partial charge in [-0.1, -0.05) is 34.6 Å². The van der Waals surface area contributed by atoms with Crippen molar-refractivity contribution in [3.8, 4) is 0 Å². The molecule has 0 amide bonds. The van der Waals surface area contributed by atoms with Crippen molar-refractivity contribution in [3.63, 3.8) is 0 Å². The minimum absolute atomic E-state index is 0.423. The zero-order valence-electron chi connectivity index (χ0n) is 9.85. The Balaban J connectivity index is 3.72. The molecule has 1 unspecified atom stereocenters. The molecule has 0 aromatic carbocycles. The number of rotatable bonds is 5. The Morgan fingerprint density at radius 1 is 1.23 bits per heavy atom. The first-order chi connectivity index (χ1) is 5.85. The van der Waals surface area contributed by atoms with Gasteiger partial charge in [0.05, 0.1) is 0 Å². The van der Waals surface area contributed by atoms with Gasteiger partial charge in [-0.05, 0) is 30.6 Å². The van der Waals surface area contributed by atoms with Crippen LogP contribution in [-0.2, 0) is 0 Å². The van der Waals surface area contributed by atoms with Crippen molar-refractivity contribution < 1.29 is 0 Å². The summed E-state index contributed by atoms with van der Waals surface area (Å²) in [6, 6.07) is 0.485. The van der Waals surface area contributed by atoms with Crippen LogP contribution in [0.3, 0.4) is 0 Å². The molecule has 3 N–H and O–H groups in total. The van der Waals surface area contributed by atoms with Crippen LogP contribution in [0, 0.1) is 11.3 Å². The van der Waals surface area contributed by atoms with Crippen LogP contribution in [0.5, 0.6) is 0 Å². The summed E-state index contributed by atoms with van der Waals surface area (Å²) in [7, 11) is 0. The average molecular weight is 186 g/mol. The monoisotopic (exact) mass is 186 g/mol. The molecule has 0 heterocycles. The van der Waals surface area contributed by atoms with E-state index in [0.29, 0.717) is 11.5 Å². The van der Waals surface area contributed by atoms with E-state index >= 15 is 0 Å². The number of nitrogens with one attached hydrogen (secondary N) is 1. The molecule has 0 saturated carbocycles. The highest BCUT2D eigenvalue weighted by Gasteiger charge is 2.15. The quantitative estimate of drug-likeness (QED) is 0.512. The zero-order chi connectivity index (χ0) is 10.5. The van der Waals surface area contributed by atoms with E-state index < -0.39 is 0 Å². The maximum Gasteiger partial charge on any atom is 0.0213 e. The second-order valence-corrected chi connectivity index (χ2v) is 5.59. The van der Waals surface area contributed by atoms with Gasteiger partial charge in [-0.15, -0.1) is 0 Å². The molecule has 2 heteroatoms. The second kappa shape index (κ2) is 5.61. The van der Waals surface area contributed by atoms with Gasteiger partial charge in [-0.2, -0.15) is 0 Å². The number of hydrogen-bond acceptors (Lipinski definition) is 2. The molecule has 0 saturated heterocycles. The molecular formula is C11H26N2. The number of nitrogens with two attached hydrogens (primary N) is 1. The predicted molar refractivity (Wildman–Crippen MR) is 59.3 cm³/mol. The number of hydrazine groups is 1. The van der Waals surface area contributed by atoms with Gasteiger partial charge in [-0.3, -0.25) is 11.3 Å². The third-order valence-electron chi connectivity index (χ3n) is 2.23. The summed E-state index contributed by atoms with van der Waals surface area (Å²) in [5.74, 6) is 6.22. The van der Waals surface area contributed by atoms with E-state index in [1.807, 2.05) is 0 Å². The van der Waals surface area contributed by atoms with Crippen LogP contribution in [0.4, 0.5) is 0 Å². The third-order valence-corrected chi connectivity index (χ3v) is 2.23. The second-order valence-electron chi connectivity index (χ2n) is 5.59. The first kappa shape index (κ1) is 12.9. The molecule has 1 atom stereocenters. The van der Waals surface area contributed by atoms with Crippen molar-refractivity contribution in [2.75, 3.05) is 0 Å². The predicted octanol–water partition coefficient (Wildman–Crippen LogP) is 2.69. The molecule has 0 aliphatic carbocycles. The largest absolute Gasteiger partial charge is 0.271 e. The van der Waals surface area contributed by atoms with E-state index in [4.69, 9.17) is 5.84 Å². The lowest BCUT2D eigenvalue weighted by Crippen LogP contribution is -2.36. The first-order valence-electron chi connectivity index (χ1n) is 5.31. The van der Waals surface area contributed by atoms with Gasteiger partial charge in [0.15, 0.2) is 0 Å². The smallest absolute Gasteiger partial charge is 0.0213 e. The molecular weight excluding hydrogens is 160 g/mol. The Kier molecular flexibility index (Phi) is 5.57. The highest BCUT2D eigenvalue weighted by Crippen LogP contribution is 2.23. The van der Waals surface area contributed by atoms with Gasteiger partial charge in [0.1, 0.15) is 0 Å². The van der Waals surface area contributed by atoms with Crippen molar-refractivity contribution in [1.29, 1.82) is 0 Å². The van der Waals surface area contributed by atoms with E-state index in [-0.39, 0.29) is 0 Å². The van der Waals surface area contributed by atoms with Gasteiger partial charge in [-0.25, -0.2) is 0 Å². The summed E-state index contributed by atoms with van der Waals surface area (Å²) in [6.45, 7) is 11.3. The fraction of sp³-hybridized carbons (Fsp3) is 1.00. The molecule has 2 nitrogen and oxygen atoms in total. The van der Waals surface area contributed by atoms with Crippen LogP contribution >= 0.6 is 0 Å². The fourth-order valence-corrected chi connectivity index (χ4v) is 1.45. The standard InChI is InChI=1S/C11H26N2/c1-9(2)8-10(13-12)6-7-11(3,4)5/h9-10,13H,6-8,12H2,1-5H3. The third kappa shape index (κ3) is 8.26. The van der Waals surface area contributed by atoms with Crippen molar-refractivity contribution >= 4 is 0 Å². The Morgan fingerprint density at radius 3 is 2.08 bits per heavy atom. The fourth-order valence-electron chi connectivity index (χ4n) is 1.45. The summed E-state index contributed by atoms with van der Waals surface area (Å²) in [5, 5.41) is 0. The van der Waals surface area contributed by atoms with E-state index in [1.165, 1.54) is 19.3 Å². The van der Waals surface area contributed by atoms with Crippen molar-refractivity contribution in [3.05, 3.63) is 0 Å². The lowest BCUT2D eigenvalue weighted by molar-refractivity contribution is 0.310. The van der Waals surface area contributed by atoms with Gasteiger partial charge < -0.3 is 0 Å². The normalized spacial score (nSPS) is 15.0. The van der Waals surface area contributed by atoms with Gasteiger partial charge in [0, 0.05) is 6.04 Å². The summed E-state index contributed by atoms with van der Waals surface area (Å²) in [4.78, 5) is 0. The van der Waals surface area contributed by atoms with Crippen molar-refractivity contribution in [2.45, 2.75) is 59.9 Å². The molecule has 0 radical (unpaired) electrons. The van der Waals surface area contributed by atoms with E-state index in [0.717, 1.165) is 5.92 Å². The Hall–Kier alpha value is -0.0800. The Morgan fingerprint density at radius 2 is 1.77 bits per heavy atom. The lowest BCUT2D eigenvalue weighted by Gasteiger charge is -2.23. The summed E-state index contributed by atoms with van der Waals surface area (Å²) in [6.07, 6.45) is 3.58. The van der Waals surface area contributed by atoms with Crippen molar-refractivity contribution in [2.24, 2.45) is 17.2 Å². The highest BCUT2D eigenvalue weighted by molar-refractivity contribution is 4.70. The van der Waals surface area contributed by atoms with Gasteiger partial charge >= 0.3 is 0 Å². The molecule has 0 bridgehead atoms. The first-order valence-corrected chi connectivity index (χ1v) is 5.31. The molecule has 0 spiro atoms. The molecule has 80 valence electrons. The topological polar surface area (TPSA) is 38.0 Å². The SMILES string of the molecule is CC(C)CC(CCC(C)(C)C)NN. The summed E-state index contributed by atoms with van der Waals surface area (Å²) in [5.41, 5.74) is 3.33. The van der Waals surface area contributed by atoms with Crippen LogP contribution in [-0.4, -0.2) is 6.04 Å². The van der Waals surface area contributed by atoms with E-state index in [1.54, 1.807) is 0 Å². The highest BCUT2D eigenvalue weighted by atomic mass is 15.2. The lowest BCUT2D eigenvalue weighted by atomic mass is 9.87. The molecule has 0 aliphatic heterocycles. The number of hydrogen-bond donors (Lipinski definition) is 2. The van der Waals surface area contributed by atoms with E-state index in [2.05, 4.69) is 40.0 Å². The van der Waals surface area contributed by atoms with Gasteiger partial charge in [0.2, 0.25) is 0 Å². The van der Waals surface area contributed by atoms with E-state index in [9.17, 15) is 0 Å². The summed E-state index contributed by atoms with van der Waals surface area (Å²) < 4.78 is 0. The minimum Gasteiger partial charge on any atom is -0.271 e. The molecule has 0 aromatic rings. The molecule has 0 aliphatic rings. The van der Waals surface area contributed by atoms with Crippen LogP contribution in [0.15, 0.2) is 0 Å². The van der Waals surface area contributed by atoms with Crippen LogP contribution < -0.4 is 11.3 Å². The van der Waals surface area contributed by atoms with Crippen LogP contribution in [0.2, 0.25) is 0 Å². The molecule has 0 rings (SSSR count). The molecule has 13 heavy (non-hydrogen) atoms. The molecule has 0 fully saturated rings. The minimum atomic E-state index is 0.423. The summed E-state index contributed by atoms with van der Waals surface area (Å²) >= 11 is 0. The Bertz CT molecular complexity index is 125. The van der Waals surface area contributed by atoms with Crippen LogP contribution in [0.1, 0.15) is 53.9 Å². The Labute approximate surface area is 83.2 Å². The average Bonchev–Trinajstić information content (AvgIpc) is 1.95. The maximum atomic E-state index is 5.50. The van der Waals surface area contributed by atoms with Gasteiger partial charge in [0.25, 0.3) is 0 Å². The van der Waals surface area contributed by atoms with Crippen molar-refractivity contribution in [1.82, 2.24) is 5.43 Å². The maximum absolute atomic E-state index is 5.50.